The Bertz CT molecular complexity index is 317. The minimum atomic E-state index is -0.526. The Kier molecular flexibility index (Phi) is 7.45. The van der Waals surface area contributed by atoms with E-state index in [4.69, 9.17) is 9.47 Å². The minimum absolute atomic E-state index is 0.323. The lowest BCUT2D eigenvalue weighted by molar-refractivity contribution is -0.870. The highest BCUT2D eigenvalue weighted by Crippen LogP contribution is 1.93. The molecule has 0 N–H and O–H groups in total. The maximum absolute atomic E-state index is 11.3. The summed E-state index contributed by atoms with van der Waals surface area (Å²) >= 11 is 0. The van der Waals surface area contributed by atoms with E-state index in [1.807, 2.05) is 42.3 Å². The van der Waals surface area contributed by atoms with Gasteiger partial charge in [0.05, 0.1) is 42.3 Å². The summed E-state index contributed by atoms with van der Waals surface area (Å²) < 4.78 is 11.4. The van der Waals surface area contributed by atoms with Gasteiger partial charge >= 0.3 is 11.9 Å². The van der Waals surface area contributed by atoms with Crippen molar-refractivity contribution in [3.63, 3.8) is 0 Å². The largest absolute Gasteiger partial charge is 0.457 e. The molecule has 0 aliphatic carbocycles. The first kappa shape index (κ1) is 18.6. The zero-order valence-corrected chi connectivity index (χ0v) is 13.5. The van der Waals surface area contributed by atoms with Crippen molar-refractivity contribution in [3.8, 4) is 0 Å². The van der Waals surface area contributed by atoms with E-state index >= 15 is 0 Å². The van der Waals surface area contributed by atoms with Crippen molar-refractivity contribution in [1.29, 1.82) is 0 Å². The van der Waals surface area contributed by atoms with Gasteiger partial charge in [0.1, 0.15) is 26.3 Å². The highest BCUT2D eigenvalue weighted by molar-refractivity contribution is 5.91. The number of hydrogen-bond acceptors (Lipinski definition) is 4. The molecule has 0 aliphatic heterocycles. The van der Waals surface area contributed by atoms with Crippen LogP contribution in [0.4, 0.5) is 0 Å². The molecule has 20 heavy (non-hydrogen) atoms. The minimum Gasteiger partial charge on any atom is -0.457 e. The molecule has 0 radical (unpaired) electrons. The number of quaternary nitrogens is 2. The smallest absolute Gasteiger partial charge is 0.331 e. The zero-order chi connectivity index (χ0) is 15.8. The quantitative estimate of drug-likeness (QED) is 0.359. The molecule has 0 saturated carbocycles. The second kappa shape index (κ2) is 8.01. The van der Waals surface area contributed by atoms with Crippen molar-refractivity contribution < 1.29 is 28.0 Å². The summed E-state index contributed by atoms with van der Waals surface area (Å²) in [5.74, 6) is -1.05. The van der Waals surface area contributed by atoms with Crippen molar-refractivity contribution in [3.05, 3.63) is 12.2 Å². The zero-order valence-electron chi connectivity index (χ0n) is 13.5. The van der Waals surface area contributed by atoms with E-state index in [9.17, 15) is 9.59 Å². The number of esters is 2. The second-order valence-electron chi connectivity index (χ2n) is 6.70. The highest BCUT2D eigenvalue weighted by atomic mass is 16.5. The maximum Gasteiger partial charge on any atom is 0.331 e. The third-order valence-electron chi connectivity index (χ3n) is 2.37. The molecule has 0 atom stereocenters. The molecule has 0 spiro atoms. The number of ether oxygens (including phenoxy) is 2. The first-order valence-electron chi connectivity index (χ1n) is 6.62. The van der Waals surface area contributed by atoms with Crippen LogP contribution in [0.5, 0.6) is 0 Å². The van der Waals surface area contributed by atoms with E-state index in [-0.39, 0.29) is 0 Å². The van der Waals surface area contributed by atoms with Crippen molar-refractivity contribution in [2.24, 2.45) is 0 Å². The van der Waals surface area contributed by atoms with Crippen molar-refractivity contribution in [1.82, 2.24) is 0 Å². The number of hydrogen-bond donors (Lipinski definition) is 0. The molecule has 0 aromatic carbocycles. The molecule has 6 heteroatoms. The Morgan fingerprint density at radius 1 is 0.750 bits per heavy atom. The van der Waals surface area contributed by atoms with E-state index in [1.54, 1.807) is 0 Å². The summed E-state index contributed by atoms with van der Waals surface area (Å²) in [4.78, 5) is 22.7. The number of likely N-dealkylation sites (N-methyl/N-ethyl adjacent to an activating group) is 2. The van der Waals surface area contributed by atoms with Crippen LogP contribution in [0.2, 0.25) is 0 Å². The van der Waals surface area contributed by atoms with Crippen LogP contribution in [-0.4, -0.2) is 89.5 Å². The topological polar surface area (TPSA) is 52.6 Å². The van der Waals surface area contributed by atoms with Gasteiger partial charge in [-0.25, -0.2) is 9.59 Å². The summed E-state index contributed by atoms with van der Waals surface area (Å²) in [5, 5.41) is 0. The molecule has 0 aromatic rings. The van der Waals surface area contributed by atoms with Crippen LogP contribution in [0.25, 0.3) is 0 Å². The molecule has 0 rings (SSSR count). The fraction of sp³-hybridized carbons (Fsp3) is 0.714. The molecular formula is C14H28N2O4+2. The lowest BCUT2D eigenvalue weighted by Gasteiger charge is -2.23. The molecule has 6 nitrogen and oxygen atoms in total. The van der Waals surface area contributed by atoms with Gasteiger partial charge in [0.2, 0.25) is 0 Å². The van der Waals surface area contributed by atoms with Gasteiger partial charge in [-0.2, -0.15) is 0 Å². The van der Waals surface area contributed by atoms with Gasteiger partial charge in [-0.3, -0.25) is 0 Å². The molecule has 0 fully saturated rings. The average Bonchev–Trinajstić information content (AvgIpc) is 2.22. The van der Waals surface area contributed by atoms with Crippen LogP contribution < -0.4 is 0 Å². The Labute approximate surface area is 121 Å². The van der Waals surface area contributed by atoms with E-state index in [2.05, 4.69) is 0 Å². The molecule has 116 valence electrons. The van der Waals surface area contributed by atoms with Gasteiger partial charge in [-0.1, -0.05) is 0 Å². The Morgan fingerprint density at radius 3 is 1.30 bits per heavy atom. The van der Waals surface area contributed by atoms with Crippen LogP contribution in [0.15, 0.2) is 12.2 Å². The first-order valence-corrected chi connectivity index (χ1v) is 6.62. The van der Waals surface area contributed by atoms with Crippen LogP contribution in [-0.2, 0) is 19.1 Å². The molecule has 0 saturated heterocycles. The monoisotopic (exact) mass is 288 g/mol. The first-order chi connectivity index (χ1) is 8.99. The third kappa shape index (κ3) is 13.0. The molecule has 0 aliphatic rings. The molecule has 0 heterocycles. The van der Waals surface area contributed by atoms with Gasteiger partial charge in [-0.15, -0.1) is 0 Å². The van der Waals surface area contributed by atoms with E-state index < -0.39 is 11.9 Å². The number of rotatable bonds is 8. The summed E-state index contributed by atoms with van der Waals surface area (Å²) in [6.45, 7) is 2.08. The Hall–Kier alpha value is -1.40. The molecule has 0 bridgehead atoms. The van der Waals surface area contributed by atoms with Crippen molar-refractivity contribution in [2.75, 3.05) is 68.6 Å². The average molecular weight is 288 g/mol. The normalized spacial score (nSPS) is 12.5. The van der Waals surface area contributed by atoms with E-state index in [0.717, 1.165) is 12.2 Å². The van der Waals surface area contributed by atoms with Gasteiger partial charge in [0.15, 0.2) is 0 Å². The molecule has 0 unspecified atom stereocenters. The Morgan fingerprint density at radius 2 is 1.05 bits per heavy atom. The van der Waals surface area contributed by atoms with E-state index in [1.165, 1.54) is 0 Å². The van der Waals surface area contributed by atoms with Gasteiger partial charge in [0, 0.05) is 12.2 Å². The Balaban J connectivity index is 3.86. The SMILES string of the molecule is C[N+](C)(C)CCOC(=O)C=CC(=O)OCC[N+](C)(C)C. The summed E-state index contributed by atoms with van der Waals surface area (Å²) in [6, 6.07) is 0. The maximum atomic E-state index is 11.3. The molecular weight excluding hydrogens is 260 g/mol. The van der Waals surface area contributed by atoms with Crippen LogP contribution in [0.1, 0.15) is 0 Å². The summed E-state index contributed by atoms with van der Waals surface area (Å²) in [5.41, 5.74) is 0. The van der Waals surface area contributed by atoms with Gasteiger partial charge in [-0.05, 0) is 0 Å². The standard InChI is InChI=1S/C14H28N2O4/c1-15(2,3)9-11-19-13(17)7-8-14(18)20-12-10-16(4,5)6/h7-8H,9-12H2,1-6H3/q+2. The van der Waals surface area contributed by atoms with Crippen molar-refractivity contribution >= 4 is 11.9 Å². The summed E-state index contributed by atoms with van der Waals surface area (Å²) in [7, 11) is 12.1. The van der Waals surface area contributed by atoms with Gasteiger partial charge < -0.3 is 18.4 Å². The predicted molar refractivity (Wildman–Crippen MR) is 76.9 cm³/mol. The van der Waals surface area contributed by atoms with Crippen molar-refractivity contribution in [2.45, 2.75) is 0 Å². The number of nitrogens with zero attached hydrogens (tertiary/aromatic N) is 2. The fourth-order valence-corrected chi connectivity index (χ4v) is 1.07. The number of carbonyl (C=O) groups is 2. The van der Waals surface area contributed by atoms with Crippen LogP contribution in [0, 0.1) is 0 Å². The lowest BCUT2D eigenvalue weighted by atomic mass is 10.5. The van der Waals surface area contributed by atoms with Crippen LogP contribution >= 0.6 is 0 Å². The molecule has 0 amide bonds. The number of carbonyl (C=O) groups excluding carboxylic acids is 2. The molecule has 0 aromatic heterocycles. The highest BCUT2D eigenvalue weighted by Gasteiger charge is 2.09. The predicted octanol–water partition coefficient (Wildman–Crippen LogP) is 0.0414. The fourth-order valence-electron chi connectivity index (χ4n) is 1.07. The van der Waals surface area contributed by atoms with Crippen LogP contribution in [0.3, 0.4) is 0 Å². The second-order valence-corrected chi connectivity index (χ2v) is 6.70. The summed E-state index contributed by atoms with van der Waals surface area (Å²) in [6.07, 6.45) is 2.20. The van der Waals surface area contributed by atoms with Gasteiger partial charge in [0.25, 0.3) is 0 Å². The third-order valence-corrected chi connectivity index (χ3v) is 2.37. The van der Waals surface area contributed by atoms with E-state index in [0.29, 0.717) is 35.3 Å². The lowest BCUT2D eigenvalue weighted by Crippen LogP contribution is -2.38.